The van der Waals surface area contributed by atoms with Gasteiger partial charge in [0.1, 0.15) is 18.4 Å². The smallest absolute Gasteiger partial charge is 0.264 e. The number of nitrogens with one attached hydrogen (secondary N) is 1. The van der Waals surface area contributed by atoms with Crippen molar-refractivity contribution in [3.05, 3.63) is 95.3 Å². The van der Waals surface area contributed by atoms with E-state index in [1.54, 1.807) is 61.5 Å². The Bertz CT molecular complexity index is 1400. The second-order valence-corrected chi connectivity index (χ2v) is 11.9. The molecule has 0 spiro atoms. The zero-order valence-electron chi connectivity index (χ0n) is 21.6. The molecule has 1 aliphatic carbocycles. The van der Waals surface area contributed by atoms with Gasteiger partial charge in [-0.1, -0.05) is 54.8 Å². The summed E-state index contributed by atoms with van der Waals surface area (Å²) in [5, 5.41) is 3.51. The minimum atomic E-state index is -4.25. The molecule has 0 bridgehead atoms. The normalized spacial score (nSPS) is 14.5. The number of anilines is 1. The number of para-hydroxylation sites is 1. The first-order valence-corrected chi connectivity index (χ1v) is 14.6. The number of sulfonamides is 1. The number of carbonyl (C=O) groups is 2. The van der Waals surface area contributed by atoms with Gasteiger partial charge in [0.15, 0.2) is 0 Å². The standard InChI is InChI=1S/C29H31ClFN3O4S/c1-21(29(36)32-25-10-5-6-11-25)33(19-22-8-7-9-23(30)18-22)28(35)20-34(26-12-3-2-4-13-26)39(37,38)27-16-14-24(31)15-17-27/h2-4,7-9,12-18,21,25H,5-6,10-11,19-20H2,1H3,(H,32,36)/t21-/m0/s1. The largest absolute Gasteiger partial charge is 0.352 e. The summed E-state index contributed by atoms with van der Waals surface area (Å²) in [5.74, 6) is -1.45. The summed E-state index contributed by atoms with van der Waals surface area (Å²) in [5.41, 5.74) is 0.963. The van der Waals surface area contributed by atoms with E-state index < -0.39 is 34.3 Å². The lowest BCUT2D eigenvalue weighted by atomic mass is 10.1. The average Bonchev–Trinajstić information content (AvgIpc) is 3.43. The predicted molar refractivity (Wildman–Crippen MR) is 149 cm³/mol. The second kappa shape index (κ2) is 12.6. The molecule has 10 heteroatoms. The van der Waals surface area contributed by atoms with Crippen LogP contribution < -0.4 is 9.62 Å². The van der Waals surface area contributed by atoms with E-state index in [-0.39, 0.29) is 29.1 Å². The molecular formula is C29H31ClFN3O4S. The highest BCUT2D eigenvalue weighted by Gasteiger charge is 2.33. The van der Waals surface area contributed by atoms with Gasteiger partial charge in [0.2, 0.25) is 11.8 Å². The van der Waals surface area contributed by atoms with Crippen LogP contribution in [0.1, 0.15) is 38.2 Å². The fraction of sp³-hybridized carbons (Fsp3) is 0.310. The van der Waals surface area contributed by atoms with Crippen molar-refractivity contribution in [2.24, 2.45) is 0 Å². The topological polar surface area (TPSA) is 86.8 Å². The average molecular weight is 572 g/mol. The number of nitrogens with zero attached hydrogens (tertiary/aromatic N) is 2. The van der Waals surface area contributed by atoms with Crippen LogP contribution in [-0.4, -0.2) is 43.8 Å². The third-order valence-corrected chi connectivity index (χ3v) is 8.86. The number of hydrogen-bond donors (Lipinski definition) is 1. The SMILES string of the molecule is C[C@@H](C(=O)NC1CCCC1)N(Cc1cccc(Cl)c1)C(=O)CN(c1ccccc1)S(=O)(=O)c1ccc(F)cc1. The molecule has 1 N–H and O–H groups in total. The summed E-state index contributed by atoms with van der Waals surface area (Å²) < 4.78 is 41.9. The lowest BCUT2D eigenvalue weighted by Crippen LogP contribution is -2.52. The fourth-order valence-corrected chi connectivity index (χ4v) is 6.29. The zero-order chi connectivity index (χ0) is 28.0. The number of halogens is 2. The molecule has 1 fully saturated rings. The van der Waals surface area contributed by atoms with Gasteiger partial charge in [0, 0.05) is 17.6 Å². The predicted octanol–water partition coefficient (Wildman–Crippen LogP) is 5.15. The molecule has 0 aromatic heterocycles. The van der Waals surface area contributed by atoms with Crippen LogP contribution in [0.3, 0.4) is 0 Å². The van der Waals surface area contributed by atoms with Crippen molar-refractivity contribution in [2.45, 2.75) is 56.1 Å². The highest BCUT2D eigenvalue weighted by molar-refractivity contribution is 7.92. The van der Waals surface area contributed by atoms with Gasteiger partial charge in [-0.05, 0) is 73.9 Å². The van der Waals surface area contributed by atoms with Crippen LogP contribution in [0.2, 0.25) is 5.02 Å². The Kier molecular flexibility index (Phi) is 9.24. The van der Waals surface area contributed by atoms with E-state index in [2.05, 4.69) is 5.32 Å². The first kappa shape index (κ1) is 28.6. The van der Waals surface area contributed by atoms with E-state index in [0.717, 1.165) is 54.3 Å². The molecule has 1 saturated carbocycles. The Morgan fingerprint density at radius 1 is 1.00 bits per heavy atom. The number of rotatable bonds is 10. The number of amides is 2. The molecule has 7 nitrogen and oxygen atoms in total. The maximum absolute atomic E-state index is 13.9. The summed E-state index contributed by atoms with van der Waals surface area (Å²) in [6, 6.07) is 18.8. The first-order chi connectivity index (χ1) is 18.6. The van der Waals surface area contributed by atoms with Crippen molar-refractivity contribution >= 4 is 39.1 Å². The summed E-state index contributed by atoms with van der Waals surface area (Å²) >= 11 is 6.17. The van der Waals surface area contributed by atoms with Gasteiger partial charge >= 0.3 is 0 Å². The van der Waals surface area contributed by atoms with Gasteiger partial charge in [-0.25, -0.2) is 12.8 Å². The number of benzene rings is 3. The van der Waals surface area contributed by atoms with Crippen molar-refractivity contribution in [2.75, 3.05) is 10.8 Å². The number of hydrogen-bond acceptors (Lipinski definition) is 4. The van der Waals surface area contributed by atoms with Crippen molar-refractivity contribution in [1.29, 1.82) is 0 Å². The van der Waals surface area contributed by atoms with Gasteiger partial charge < -0.3 is 10.2 Å². The Morgan fingerprint density at radius 3 is 2.31 bits per heavy atom. The quantitative estimate of drug-likeness (QED) is 0.365. The van der Waals surface area contributed by atoms with Crippen LogP contribution >= 0.6 is 11.6 Å². The molecule has 206 valence electrons. The Labute approximate surface area is 233 Å². The van der Waals surface area contributed by atoms with Gasteiger partial charge in [-0.2, -0.15) is 0 Å². The molecule has 0 heterocycles. The Hall–Kier alpha value is -3.43. The molecule has 39 heavy (non-hydrogen) atoms. The first-order valence-electron chi connectivity index (χ1n) is 12.8. The van der Waals surface area contributed by atoms with Crippen LogP contribution in [0.15, 0.2) is 83.8 Å². The molecule has 0 unspecified atom stereocenters. The molecule has 3 aromatic carbocycles. The Balaban J connectivity index is 1.66. The van der Waals surface area contributed by atoms with E-state index in [4.69, 9.17) is 11.6 Å². The zero-order valence-corrected chi connectivity index (χ0v) is 23.2. The van der Waals surface area contributed by atoms with Crippen LogP contribution in [0.5, 0.6) is 0 Å². The molecule has 3 aromatic rings. The molecule has 1 aliphatic rings. The van der Waals surface area contributed by atoms with Crippen LogP contribution in [-0.2, 0) is 26.2 Å². The van der Waals surface area contributed by atoms with Crippen molar-refractivity contribution in [3.63, 3.8) is 0 Å². The van der Waals surface area contributed by atoms with Crippen molar-refractivity contribution in [1.82, 2.24) is 10.2 Å². The van der Waals surface area contributed by atoms with Crippen molar-refractivity contribution < 1.29 is 22.4 Å². The maximum Gasteiger partial charge on any atom is 0.264 e. The summed E-state index contributed by atoms with van der Waals surface area (Å²) in [6.07, 6.45) is 3.85. The lowest BCUT2D eigenvalue weighted by Gasteiger charge is -2.32. The van der Waals surface area contributed by atoms with Crippen LogP contribution in [0, 0.1) is 5.82 Å². The van der Waals surface area contributed by atoms with E-state index in [0.29, 0.717) is 10.6 Å². The van der Waals surface area contributed by atoms with E-state index >= 15 is 0 Å². The van der Waals surface area contributed by atoms with Gasteiger partial charge in [-0.3, -0.25) is 13.9 Å². The molecule has 0 aliphatic heterocycles. The van der Waals surface area contributed by atoms with E-state index in [1.807, 2.05) is 0 Å². The molecule has 2 amide bonds. The minimum Gasteiger partial charge on any atom is -0.352 e. The van der Waals surface area contributed by atoms with Gasteiger partial charge in [-0.15, -0.1) is 0 Å². The lowest BCUT2D eigenvalue weighted by molar-refractivity contribution is -0.139. The fourth-order valence-electron chi connectivity index (χ4n) is 4.66. The third-order valence-electron chi connectivity index (χ3n) is 6.84. The van der Waals surface area contributed by atoms with Crippen LogP contribution in [0.25, 0.3) is 0 Å². The molecule has 0 saturated heterocycles. The van der Waals surface area contributed by atoms with Crippen LogP contribution in [0.4, 0.5) is 10.1 Å². The number of carbonyl (C=O) groups excluding carboxylic acids is 2. The van der Waals surface area contributed by atoms with Crippen molar-refractivity contribution in [3.8, 4) is 0 Å². The molecule has 4 rings (SSSR count). The minimum absolute atomic E-state index is 0.0534. The summed E-state index contributed by atoms with van der Waals surface area (Å²) in [4.78, 5) is 28.3. The summed E-state index contributed by atoms with van der Waals surface area (Å²) in [7, 11) is -4.25. The monoisotopic (exact) mass is 571 g/mol. The highest BCUT2D eigenvalue weighted by Crippen LogP contribution is 2.25. The Morgan fingerprint density at radius 2 is 1.67 bits per heavy atom. The molecule has 1 atom stereocenters. The summed E-state index contributed by atoms with van der Waals surface area (Å²) in [6.45, 7) is 1.12. The third kappa shape index (κ3) is 7.16. The molecule has 0 radical (unpaired) electrons. The van der Waals surface area contributed by atoms with E-state index in [1.165, 1.54) is 4.90 Å². The molecular weight excluding hydrogens is 541 g/mol. The van der Waals surface area contributed by atoms with E-state index in [9.17, 15) is 22.4 Å². The second-order valence-electron chi connectivity index (χ2n) is 9.62. The highest BCUT2D eigenvalue weighted by atomic mass is 35.5. The van der Waals surface area contributed by atoms with Gasteiger partial charge in [0.25, 0.3) is 10.0 Å². The maximum atomic E-state index is 13.9. The van der Waals surface area contributed by atoms with Gasteiger partial charge in [0.05, 0.1) is 10.6 Å².